The van der Waals surface area contributed by atoms with Crippen molar-refractivity contribution in [1.29, 1.82) is 0 Å². The van der Waals surface area contributed by atoms with E-state index in [9.17, 15) is 4.79 Å². The first-order valence-electron chi connectivity index (χ1n) is 5.00. The summed E-state index contributed by atoms with van der Waals surface area (Å²) in [5.41, 5.74) is 6.58. The van der Waals surface area contributed by atoms with Crippen molar-refractivity contribution >= 4 is 27.5 Å². The Kier molecular flexibility index (Phi) is 3.16. The van der Waals surface area contributed by atoms with E-state index in [0.29, 0.717) is 13.0 Å². The summed E-state index contributed by atoms with van der Waals surface area (Å²) in [5.74, 6) is 0.783. The Morgan fingerprint density at radius 2 is 2.25 bits per heavy atom. The lowest BCUT2D eigenvalue weighted by Crippen LogP contribution is -2.27. The molecule has 2 N–H and O–H groups in total. The van der Waals surface area contributed by atoms with Crippen molar-refractivity contribution in [2.45, 2.75) is 12.5 Å². The van der Waals surface area contributed by atoms with Gasteiger partial charge in [0.1, 0.15) is 5.75 Å². The second-order valence-electron chi connectivity index (χ2n) is 3.82. The topological polar surface area (TPSA) is 55.6 Å². The monoisotopic (exact) mass is 284 g/mol. The largest absolute Gasteiger partial charge is 0.497 e. The minimum atomic E-state index is -0.0718. The van der Waals surface area contributed by atoms with Crippen LogP contribution in [0.5, 0.6) is 5.75 Å². The van der Waals surface area contributed by atoms with Crippen LogP contribution in [0.3, 0.4) is 0 Å². The van der Waals surface area contributed by atoms with Gasteiger partial charge in [-0.05, 0) is 12.1 Å². The summed E-state index contributed by atoms with van der Waals surface area (Å²) in [6, 6.07) is 5.50. The van der Waals surface area contributed by atoms with Crippen molar-refractivity contribution in [3.63, 3.8) is 0 Å². The highest BCUT2D eigenvalue weighted by Crippen LogP contribution is 2.29. The van der Waals surface area contributed by atoms with Gasteiger partial charge in [0.05, 0.1) is 7.11 Å². The van der Waals surface area contributed by atoms with E-state index in [2.05, 4.69) is 15.9 Å². The summed E-state index contributed by atoms with van der Waals surface area (Å²) in [6.45, 7) is 0.568. The zero-order chi connectivity index (χ0) is 11.7. The molecule has 4 nitrogen and oxygen atoms in total. The number of ether oxygens (including phenoxy) is 1. The van der Waals surface area contributed by atoms with Gasteiger partial charge in [0, 0.05) is 35.2 Å². The fourth-order valence-corrected chi connectivity index (χ4v) is 2.27. The van der Waals surface area contributed by atoms with Crippen molar-refractivity contribution in [1.82, 2.24) is 0 Å². The first-order chi connectivity index (χ1) is 7.60. The third-order valence-electron chi connectivity index (χ3n) is 2.56. The van der Waals surface area contributed by atoms with E-state index < -0.39 is 0 Å². The molecule has 0 aromatic heterocycles. The highest BCUT2D eigenvalue weighted by molar-refractivity contribution is 9.10. The summed E-state index contributed by atoms with van der Waals surface area (Å²) in [4.78, 5) is 13.4. The lowest BCUT2D eigenvalue weighted by Gasteiger charge is -2.17. The molecule has 1 aliphatic heterocycles. The van der Waals surface area contributed by atoms with Crippen LogP contribution in [0.25, 0.3) is 0 Å². The van der Waals surface area contributed by atoms with Gasteiger partial charge in [-0.25, -0.2) is 0 Å². The number of carbonyl (C=O) groups is 1. The van der Waals surface area contributed by atoms with E-state index in [4.69, 9.17) is 10.5 Å². The molecule has 0 spiro atoms. The third-order valence-corrected chi connectivity index (χ3v) is 3.02. The second-order valence-corrected chi connectivity index (χ2v) is 4.73. The number of methoxy groups -OCH3 is 1. The van der Waals surface area contributed by atoms with E-state index in [1.807, 2.05) is 18.2 Å². The molecule has 0 bridgehead atoms. The molecule has 5 heteroatoms. The van der Waals surface area contributed by atoms with Crippen LogP contribution in [0.1, 0.15) is 6.42 Å². The number of hydrogen-bond donors (Lipinski definition) is 1. The summed E-state index contributed by atoms with van der Waals surface area (Å²) in [7, 11) is 1.60. The average Bonchev–Trinajstić information content (AvgIpc) is 2.57. The van der Waals surface area contributed by atoms with Gasteiger partial charge in [-0.1, -0.05) is 15.9 Å². The summed E-state index contributed by atoms with van der Waals surface area (Å²) < 4.78 is 6.04. The van der Waals surface area contributed by atoms with Gasteiger partial charge in [0.2, 0.25) is 5.91 Å². The Labute approximate surface area is 102 Å². The molecule has 1 heterocycles. The Morgan fingerprint density at radius 1 is 1.50 bits per heavy atom. The van der Waals surface area contributed by atoms with Crippen LogP contribution < -0.4 is 15.4 Å². The van der Waals surface area contributed by atoms with Gasteiger partial charge >= 0.3 is 0 Å². The molecular formula is C11H13BrN2O2. The predicted octanol–water partition coefficient (Wildman–Crippen LogP) is 1.52. The van der Waals surface area contributed by atoms with Crippen molar-refractivity contribution in [2.24, 2.45) is 5.73 Å². The van der Waals surface area contributed by atoms with E-state index in [1.165, 1.54) is 0 Å². The molecule has 1 fully saturated rings. The van der Waals surface area contributed by atoms with E-state index in [-0.39, 0.29) is 11.9 Å². The van der Waals surface area contributed by atoms with Gasteiger partial charge < -0.3 is 15.4 Å². The van der Waals surface area contributed by atoms with Crippen molar-refractivity contribution in [3.8, 4) is 5.75 Å². The molecular weight excluding hydrogens is 272 g/mol. The van der Waals surface area contributed by atoms with Gasteiger partial charge in [-0.3, -0.25) is 4.79 Å². The van der Waals surface area contributed by atoms with Crippen LogP contribution in [0.15, 0.2) is 22.7 Å². The number of anilines is 1. The number of halogens is 1. The second kappa shape index (κ2) is 4.43. The minimum Gasteiger partial charge on any atom is -0.497 e. The minimum absolute atomic E-state index is 0.0626. The maximum atomic E-state index is 11.7. The lowest BCUT2D eigenvalue weighted by atomic mass is 10.3. The molecule has 0 aliphatic carbocycles. The molecule has 1 aromatic rings. The number of benzene rings is 1. The van der Waals surface area contributed by atoms with Crippen LogP contribution in [0, 0.1) is 0 Å². The number of amides is 1. The molecule has 2 rings (SSSR count). The summed E-state index contributed by atoms with van der Waals surface area (Å²) in [5, 5.41) is 0. The maximum Gasteiger partial charge on any atom is 0.228 e. The molecule has 1 amide bonds. The quantitative estimate of drug-likeness (QED) is 0.896. The van der Waals surface area contributed by atoms with Gasteiger partial charge in [-0.2, -0.15) is 0 Å². The SMILES string of the molecule is COc1cc(Br)cc(N2CC(N)CC2=O)c1. The molecule has 1 aliphatic rings. The Hall–Kier alpha value is -1.07. The Morgan fingerprint density at radius 3 is 2.81 bits per heavy atom. The highest BCUT2D eigenvalue weighted by atomic mass is 79.9. The number of hydrogen-bond acceptors (Lipinski definition) is 3. The van der Waals surface area contributed by atoms with E-state index >= 15 is 0 Å². The number of nitrogens with two attached hydrogens (primary N) is 1. The predicted molar refractivity (Wildman–Crippen MR) is 65.6 cm³/mol. The molecule has 16 heavy (non-hydrogen) atoms. The average molecular weight is 285 g/mol. The molecule has 1 atom stereocenters. The first-order valence-corrected chi connectivity index (χ1v) is 5.80. The van der Waals surface area contributed by atoms with Crippen LogP contribution in [-0.4, -0.2) is 25.6 Å². The van der Waals surface area contributed by atoms with Gasteiger partial charge in [0.15, 0.2) is 0 Å². The van der Waals surface area contributed by atoms with Crippen LogP contribution in [0.4, 0.5) is 5.69 Å². The number of nitrogens with zero attached hydrogens (tertiary/aromatic N) is 1. The van der Waals surface area contributed by atoms with Gasteiger partial charge in [0.25, 0.3) is 0 Å². The molecule has 1 unspecified atom stereocenters. The highest BCUT2D eigenvalue weighted by Gasteiger charge is 2.28. The molecule has 86 valence electrons. The standard InChI is InChI=1S/C11H13BrN2O2/c1-16-10-3-7(12)2-9(5-10)14-6-8(13)4-11(14)15/h2-3,5,8H,4,6,13H2,1H3. The first kappa shape index (κ1) is 11.4. The lowest BCUT2D eigenvalue weighted by molar-refractivity contribution is -0.117. The van der Waals surface area contributed by atoms with Crippen LogP contribution >= 0.6 is 15.9 Å². The summed E-state index contributed by atoms with van der Waals surface area (Å²) in [6.07, 6.45) is 0.412. The van der Waals surface area contributed by atoms with Gasteiger partial charge in [-0.15, -0.1) is 0 Å². The fourth-order valence-electron chi connectivity index (χ4n) is 1.81. The smallest absolute Gasteiger partial charge is 0.228 e. The van der Waals surface area contributed by atoms with E-state index in [0.717, 1.165) is 15.9 Å². The van der Waals surface area contributed by atoms with Crippen molar-refractivity contribution in [2.75, 3.05) is 18.6 Å². The Bertz CT molecular complexity index is 422. The summed E-state index contributed by atoms with van der Waals surface area (Å²) >= 11 is 3.39. The van der Waals surface area contributed by atoms with E-state index in [1.54, 1.807) is 12.0 Å². The zero-order valence-electron chi connectivity index (χ0n) is 8.94. The van der Waals surface area contributed by atoms with Crippen LogP contribution in [0.2, 0.25) is 0 Å². The van der Waals surface area contributed by atoms with Crippen LogP contribution in [-0.2, 0) is 4.79 Å². The third kappa shape index (κ3) is 2.20. The number of carbonyl (C=O) groups excluding carboxylic acids is 1. The number of rotatable bonds is 2. The van der Waals surface area contributed by atoms with Crippen molar-refractivity contribution in [3.05, 3.63) is 22.7 Å². The molecule has 0 radical (unpaired) electrons. The Balaban J connectivity index is 2.33. The zero-order valence-corrected chi connectivity index (χ0v) is 10.5. The normalized spacial score (nSPS) is 20.3. The molecule has 1 saturated heterocycles. The molecule has 0 saturated carbocycles. The fraction of sp³-hybridized carbons (Fsp3) is 0.364. The molecule has 1 aromatic carbocycles. The maximum absolute atomic E-state index is 11.7. The van der Waals surface area contributed by atoms with Crippen molar-refractivity contribution < 1.29 is 9.53 Å².